The van der Waals surface area contributed by atoms with E-state index in [0.717, 1.165) is 53.7 Å². The van der Waals surface area contributed by atoms with Crippen molar-refractivity contribution in [3.63, 3.8) is 0 Å². The van der Waals surface area contributed by atoms with Crippen molar-refractivity contribution in [2.45, 2.75) is 25.5 Å². The maximum absolute atomic E-state index is 13.3. The van der Waals surface area contributed by atoms with Gasteiger partial charge in [0.05, 0.1) is 29.2 Å². The third kappa shape index (κ3) is 3.01. The second-order valence-electron chi connectivity index (χ2n) is 8.02. The fourth-order valence-electron chi connectivity index (χ4n) is 4.36. The molecule has 32 heavy (non-hydrogen) atoms. The van der Waals surface area contributed by atoms with Crippen molar-refractivity contribution in [1.29, 1.82) is 0 Å². The van der Waals surface area contributed by atoms with Crippen LogP contribution >= 0.6 is 0 Å². The predicted octanol–water partition coefficient (Wildman–Crippen LogP) is 3.23. The molecule has 0 spiro atoms. The van der Waals surface area contributed by atoms with Crippen LogP contribution in [0.2, 0.25) is 0 Å². The van der Waals surface area contributed by atoms with Crippen LogP contribution in [0.5, 0.6) is 0 Å². The van der Waals surface area contributed by atoms with Crippen LogP contribution in [0.25, 0.3) is 38.9 Å². The quantitative estimate of drug-likeness (QED) is 0.439. The summed E-state index contributed by atoms with van der Waals surface area (Å²) < 4.78 is 11.3. The molecular formula is C23H21N7O2. The normalized spacial score (nSPS) is 16.7. The number of aromatic nitrogens is 7. The molecule has 0 radical (unpaired) electrons. The minimum absolute atomic E-state index is 0.00968. The van der Waals surface area contributed by atoms with Gasteiger partial charge < -0.3 is 9.30 Å². The van der Waals surface area contributed by atoms with Gasteiger partial charge in [-0.15, -0.1) is 0 Å². The van der Waals surface area contributed by atoms with Gasteiger partial charge in [-0.3, -0.25) is 19.0 Å². The fraction of sp³-hybridized carbons (Fsp3) is 0.261. The summed E-state index contributed by atoms with van der Waals surface area (Å²) in [5.41, 5.74) is 4.82. The Bertz CT molecular complexity index is 1510. The van der Waals surface area contributed by atoms with Crippen molar-refractivity contribution >= 4 is 22.1 Å². The molecule has 1 unspecified atom stereocenters. The van der Waals surface area contributed by atoms with E-state index in [1.54, 1.807) is 27.8 Å². The summed E-state index contributed by atoms with van der Waals surface area (Å²) in [6, 6.07) is 5.85. The first kappa shape index (κ1) is 18.9. The second-order valence-corrected chi connectivity index (χ2v) is 8.02. The van der Waals surface area contributed by atoms with Gasteiger partial charge in [0.1, 0.15) is 11.7 Å². The van der Waals surface area contributed by atoms with Gasteiger partial charge in [-0.1, -0.05) is 0 Å². The molecule has 4 aromatic heterocycles. The van der Waals surface area contributed by atoms with Gasteiger partial charge in [0, 0.05) is 49.6 Å². The first-order chi connectivity index (χ1) is 15.7. The molecule has 6 rings (SSSR count). The van der Waals surface area contributed by atoms with Crippen LogP contribution in [0.3, 0.4) is 0 Å². The Balaban J connectivity index is 1.52. The number of ether oxygens (including phenoxy) is 1. The molecule has 9 heteroatoms. The summed E-state index contributed by atoms with van der Waals surface area (Å²) in [6.07, 6.45) is 13.6. The Morgan fingerprint density at radius 3 is 2.72 bits per heavy atom. The van der Waals surface area contributed by atoms with Crippen LogP contribution in [0, 0.1) is 0 Å². The van der Waals surface area contributed by atoms with E-state index in [4.69, 9.17) is 4.74 Å². The Kier molecular flexibility index (Phi) is 4.36. The van der Waals surface area contributed by atoms with Crippen molar-refractivity contribution in [3.8, 4) is 16.8 Å². The first-order valence-corrected chi connectivity index (χ1v) is 10.6. The average Bonchev–Trinajstić information content (AvgIpc) is 3.46. The van der Waals surface area contributed by atoms with Gasteiger partial charge in [0.25, 0.3) is 5.56 Å². The molecule has 160 valence electrons. The van der Waals surface area contributed by atoms with E-state index < -0.39 is 0 Å². The number of hydrogen-bond acceptors (Lipinski definition) is 6. The van der Waals surface area contributed by atoms with Crippen LogP contribution in [0.15, 0.2) is 60.3 Å². The molecule has 0 aliphatic carbocycles. The zero-order valence-corrected chi connectivity index (χ0v) is 17.5. The Labute approximate surface area is 182 Å². The standard InChI is InChI=1S/C23H21N7O2/c1-28-12-15(11-27-28)17-13-29(23(31)22-21(17)24-7-8-25-22)16-5-6-19-18(10-16)26-14-30(19)20-4-2-3-9-32-20/h5-8,10-14,20H,2-4,9H2,1H3. The molecule has 1 aliphatic heterocycles. The van der Waals surface area contributed by atoms with Crippen molar-refractivity contribution in [2.24, 2.45) is 7.05 Å². The summed E-state index contributed by atoms with van der Waals surface area (Å²) in [7, 11) is 1.85. The van der Waals surface area contributed by atoms with Crippen molar-refractivity contribution in [3.05, 3.63) is 65.9 Å². The number of imidazole rings is 1. The van der Waals surface area contributed by atoms with E-state index in [-0.39, 0.29) is 11.8 Å². The molecular weight excluding hydrogens is 406 g/mol. The van der Waals surface area contributed by atoms with E-state index >= 15 is 0 Å². The smallest absolute Gasteiger partial charge is 0.283 e. The molecule has 0 saturated carbocycles. The average molecular weight is 427 g/mol. The summed E-state index contributed by atoms with van der Waals surface area (Å²) in [5.74, 6) is 0. The van der Waals surface area contributed by atoms with E-state index in [1.165, 1.54) is 6.20 Å². The van der Waals surface area contributed by atoms with Gasteiger partial charge in [-0.2, -0.15) is 5.10 Å². The lowest BCUT2D eigenvalue weighted by molar-refractivity contribution is -0.0295. The lowest BCUT2D eigenvalue weighted by Gasteiger charge is -2.24. The van der Waals surface area contributed by atoms with Crippen LogP contribution < -0.4 is 5.56 Å². The third-order valence-corrected chi connectivity index (χ3v) is 5.95. The highest BCUT2D eigenvalue weighted by Gasteiger charge is 2.19. The highest BCUT2D eigenvalue weighted by atomic mass is 16.5. The Hall–Kier alpha value is -3.85. The molecule has 1 fully saturated rings. The highest BCUT2D eigenvalue weighted by molar-refractivity contribution is 5.90. The molecule has 1 aromatic carbocycles. The second kappa shape index (κ2) is 7.38. The lowest BCUT2D eigenvalue weighted by atomic mass is 10.1. The van der Waals surface area contributed by atoms with E-state index in [0.29, 0.717) is 11.0 Å². The Morgan fingerprint density at radius 1 is 1.06 bits per heavy atom. The van der Waals surface area contributed by atoms with Gasteiger partial charge in [0.2, 0.25) is 0 Å². The maximum Gasteiger partial charge on any atom is 0.283 e. The number of hydrogen-bond donors (Lipinski definition) is 0. The fourth-order valence-corrected chi connectivity index (χ4v) is 4.36. The zero-order chi connectivity index (χ0) is 21.7. The Morgan fingerprint density at radius 2 is 1.94 bits per heavy atom. The minimum Gasteiger partial charge on any atom is -0.358 e. The number of fused-ring (bicyclic) bond motifs is 2. The molecule has 5 aromatic rings. The summed E-state index contributed by atoms with van der Waals surface area (Å²) in [6.45, 7) is 0.771. The molecule has 0 N–H and O–H groups in total. The molecule has 1 saturated heterocycles. The molecule has 0 bridgehead atoms. The monoisotopic (exact) mass is 427 g/mol. The number of nitrogens with zero attached hydrogens (tertiary/aromatic N) is 7. The van der Waals surface area contributed by atoms with Gasteiger partial charge in [-0.05, 0) is 37.5 Å². The van der Waals surface area contributed by atoms with Crippen LogP contribution in [0.4, 0.5) is 0 Å². The van der Waals surface area contributed by atoms with Gasteiger partial charge >= 0.3 is 0 Å². The first-order valence-electron chi connectivity index (χ1n) is 10.6. The van der Waals surface area contributed by atoms with Crippen molar-refractivity contribution < 1.29 is 4.74 Å². The predicted molar refractivity (Wildman–Crippen MR) is 119 cm³/mol. The van der Waals surface area contributed by atoms with E-state index in [9.17, 15) is 4.79 Å². The van der Waals surface area contributed by atoms with Crippen molar-refractivity contribution in [1.82, 2.24) is 33.9 Å². The summed E-state index contributed by atoms with van der Waals surface area (Å²) in [5, 5.41) is 4.27. The van der Waals surface area contributed by atoms with E-state index in [1.807, 2.05) is 37.8 Å². The summed E-state index contributed by atoms with van der Waals surface area (Å²) >= 11 is 0. The number of benzene rings is 1. The number of aryl methyl sites for hydroxylation is 1. The lowest BCUT2D eigenvalue weighted by Crippen LogP contribution is -2.20. The molecule has 1 aliphatic rings. The molecule has 0 amide bonds. The van der Waals surface area contributed by atoms with Crippen LogP contribution in [0.1, 0.15) is 25.5 Å². The third-order valence-electron chi connectivity index (χ3n) is 5.95. The van der Waals surface area contributed by atoms with E-state index in [2.05, 4.69) is 24.6 Å². The minimum atomic E-state index is -0.227. The van der Waals surface area contributed by atoms with Gasteiger partial charge in [-0.25, -0.2) is 9.97 Å². The number of rotatable bonds is 3. The SMILES string of the molecule is Cn1cc(-c2cn(-c3ccc4c(c3)ncn4C3CCCCO3)c(=O)c3nccnc23)cn1. The maximum atomic E-state index is 13.3. The molecule has 5 heterocycles. The number of pyridine rings is 1. The topological polar surface area (TPSA) is 92.7 Å². The molecule has 1 atom stereocenters. The largest absolute Gasteiger partial charge is 0.358 e. The van der Waals surface area contributed by atoms with Gasteiger partial charge in [0.15, 0.2) is 5.52 Å². The van der Waals surface area contributed by atoms with Crippen molar-refractivity contribution in [2.75, 3.05) is 6.61 Å². The zero-order valence-electron chi connectivity index (χ0n) is 17.5. The van der Waals surface area contributed by atoms with Crippen LogP contribution in [-0.2, 0) is 11.8 Å². The molecule has 9 nitrogen and oxygen atoms in total. The summed E-state index contributed by atoms with van der Waals surface area (Å²) in [4.78, 5) is 26.6. The highest BCUT2D eigenvalue weighted by Crippen LogP contribution is 2.29. The van der Waals surface area contributed by atoms with Crippen LogP contribution in [-0.4, -0.2) is 40.5 Å².